The van der Waals surface area contributed by atoms with Gasteiger partial charge in [0.15, 0.2) is 0 Å². The lowest BCUT2D eigenvalue weighted by atomic mass is 9.77. The van der Waals surface area contributed by atoms with E-state index in [9.17, 15) is 4.79 Å². The lowest BCUT2D eigenvalue weighted by molar-refractivity contribution is -0.154. The van der Waals surface area contributed by atoms with Crippen molar-refractivity contribution < 1.29 is 9.53 Å². The zero-order valence-electron chi connectivity index (χ0n) is 7.95. The Hall–Kier alpha value is -0.610. The van der Waals surface area contributed by atoms with Crippen molar-refractivity contribution in [1.29, 1.82) is 0 Å². The number of methoxy groups -OCH3 is 1. The number of hydrogen-bond donors (Lipinski definition) is 1. The second-order valence-electron chi connectivity index (χ2n) is 4.07. The van der Waals surface area contributed by atoms with E-state index in [-0.39, 0.29) is 12.0 Å². The molecule has 2 fully saturated rings. The smallest absolute Gasteiger partial charge is 0.314 e. The van der Waals surface area contributed by atoms with E-state index in [1.165, 1.54) is 7.11 Å². The fraction of sp³-hybridized carbons (Fsp3) is 0.889. The van der Waals surface area contributed by atoms with Crippen LogP contribution in [0, 0.1) is 5.41 Å². The minimum absolute atomic E-state index is 0.0151. The first-order valence-corrected chi connectivity index (χ1v) is 4.75. The lowest BCUT2D eigenvalue weighted by Crippen LogP contribution is -2.54. The number of carbonyl (C=O) groups is 1. The Labute approximate surface area is 78.0 Å². The van der Waals surface area contributed by atoms with Gasteiger partial charge in [0.2, 0.25) is 0 Å². The third kappa shape index (κ3) is 1.16. The number of fused-ring (bicyclic) bond motifs is 2. The Kier molecular flexibility index (Phi) is 2.04. The van der Waals surface area contributed by atoms with Crippen molar-refractivity contribution >= 4 is 5.97 Å². The third-order valence-electron chi connectivity index (χ3n) is 3.44. The summed E-state index contributed by atoms with van der Waals surface area (Å²) in [4.78, 5) is 13.9. The van der Waals surface area contributed by atoms with E-state index in [0.29, 0.717) is 0 Å². The van der Waals surface area contributed by atoms with Gasteiger partial charge in [0, 0.05) is 12.6 Å². The highest BCUT2D eigenvalue weighted by molar-refractivity contribution is 5.78. The molecule has 2 N–H and O–H groups in total. The van der Waals surface area contributed by atoms with Crippen molar-refractivity contribution in [2.24, 2.45) is 11.1 Å². The van der Waals surface area contributed by atoms with E-state index in [1.54, 1.807) is 0 Å². The van der Waals surface area contributed by atoms with Crippen LogP contribution in [0.4, 0.5) is 0 Å². The molecular weight excluding hydrogens is 168 g/mol. The van der Waals surface area contributed by atoms with E-state index in [1.807, 2.05) is 0 Å². The fourth-order valence-corrected chi connectivity index (χ4v) is 2.53. The summed E-state index contributed by atoms with van der Waals surface area (Å²) in [6, 6.07) is -0.0151. The SMILES string of the molecule is COC(=O)C12CCN(CCC1N)C2. The molecule has 74 valence electrons. The van der Waals surface area contributed by atoms with Crippen molar-refractivity contribution in [3.05, 3.63) is 0 Å². The monoisotopic (exact) mass is 184 g/mol. The molecule has 2 rings (SSSR count). The molecule has 3 unspecified atom stereocenters. The largest absolute Gasteiger partial charge is 0.469 e. The van der Waals surface area contributed by atoms with E-state index in [2.05, 4.69) is 4.90 Å². The highest BCUT2D eigenvalue weighted by Gasteiger charge is 2.52. The number of nitrogens with zero attached hydrogens (tertiary/aromatic N) is 1. The van der Waals surface area contributed by atoms with Gasteiger partial charge in [0.1, 0.15) is 0 Å². The summed E-state index contributed by atoms with van der Waals surface area (Å²) in [6.45, 7) is 2.81. The third-order valence-corrected chi connectivity index (χ3v) is 3.44. The predicted molar refractivity (Wildman–Crippen MR) is 48.1 cm³/mol. The second-order valence-corrected chi connectivity index (χ2v) is 4.07. The first-order valence-electron chi connectivity index (χ1n) is 4.75. The number of esters is 1. The van der Waals surface area contributed by atoms with Gasteiger partial charge in [0.05, 0.1) is 12.5 Å². The Balaban J connectivity index is 2.23. The quantitative estimate of drug-likeness (QED) is 0.562. The number of rotatable bonds is 1. The van der Waals surface area contributed by atoms with Crippen molar-refractivity contribution in [3.63, 3.8) is 0 Å². The molecule has 2 aliphatic heterocycles. The van der Waals surface area contributed by atoms with Gasteiger partial charge >= 0.3 is 5.97 Å². The number of carbonyl (C=O) groups excluding carboxylic acids is 1. The summed E-state index contributed by atoms with van der Waals surface area (Å²) in [5.74, 6) is -0.123. The molecule has 4 heteroatoms. The number of nitrogens with two attached hydrogens (primary N) is 1. The first-order chi connectivity index (χ1) is 6.19. The molecule has 0 aromatic rings. The van der Waals surface area contributed by atoms with Gasteiger partial charge in [-0.25, -0.2) is 0 Å². The molecule has 2 heterocycles. The van der Waals surface area contributed by atoms with Crippen LogP contribution in [-0.4, -0.2) is 43.7 Å². The first kappa shape index (κ1) is 8.97. The minimum Gasteiger partial charge on any atom is -0.469 e. The van der Waals surface area contributed by atoms with Crippen LogP contribution in [0.2, 0.25) is 0 Å². The normalized spacial score (nSPS) is 43.2. The fourth-order valence-electron chi connectivity index (χ4n) is 2.53. The van der Waals surface area contributed by atoms with Crippen molar-refractivity contribution in [1.82, 2.24) is 4.90 Å². The van der Waals surface area contributed by atoms with Gasteiger partial charge in [-0.2, -0.15) is 0 Å². The Bertz CT molecular complexity index is 232. The van der Waals surface area contributed by atoms with Gasteiger partial charge in [0.25, 0.3) is 0 Å². The molecule has 4 nitrogen and oxygen atoms in total. The van der Waals surface area contributed by atoms with Crippen LogP contribution in [0.15, 0.2) is 0 Å². The summed E-state index contributed by atoms with van der Waals surface area (Å²) in [6.07, 6.45) is 1.77. The summed E-state index contributed by atoms with van der Waals surface area (Å²) in [7, 11) is 1.45. The molecular formula is C9H16N2O2. The number of piperidine rings is 1. The minimum atomic E-state index is -0.396. The predicted octanol–water partition coefficient (Wildman–Crippen LogP) is -0.417. The van der Waals surface area contributed by atoms with Gasteiger partial charge in [-0.1, -0.05) is 0 Å². The molecule has 0 saturated carbocycles. The zero-order valence-corrected chi connectivity index (χ0v) is 7.95. The molecule has 3 atom stereocenters. The van der Waals surface area contributed by atoms with Crippen LogP contribution in [0.25, 0.3) is 0 Å². The molecule has 0 aromatic heterocycles. The van der Waals surface area contributed by atoms with Gasteiger partial charge in [-0.15, -0.1) is 0 Å². The maximum Gasteiger partial charge on any atom is 0.314 e. The van der Waals surface area contributed by atoms with E-state index in [0.717, 1.165) is 32.5 Å². The van der Waals surface area contributed by atoms with Gasteiger partial charge < -0.3 is 15.4 Å². The Morgan fingerprint density at radius 1 is 1.62 bits per heavy atom. The maximum atomic E-state index is 11.6. The van der Waals surface area contributed by atoms with Gasteiger partial charge in [-0.3, -0.25) is 4.79 Å². The number of ether oxygens (including phenoxy) is 1. The van der Waals surface area contributed by atoms with Crippen molar-refractivity contribution in [2.45, 2.75) is 18.9 Å². The average Bonchev–Trinajstić information content (AvgIpc) is 2.52. The molecule has 2 bridgehead atoms. The molecule has 0 aliphatic carbocycles. The molecule has 0 amide bonds. The Morgan fingerprint density at radius 2 is 2.38 bits per heavy atom. The zero-order chi connectivity index (χ0) is 9.47. The summed E-state index contributed by atoms with van der Waals surface area (Å²) < 4.78 is 4.84. The topological polar surface area (TPSA) is 55.6 Å². The molecule has 2 saturated heterocycles. The maximum absolute atomic E-state index is 11.6. The molecule has 0 spiro atoms. The van der Waals surface area contributed by atoms with Crippen LogP contribution in [0.3, 0.4) is 0 Å². The highest BCUT2D eigenvalue weighted by atomic mass is 16.5. The highest BCUT2D eigenvalue weighted by Crippen LogP contribution is 2.39. The molecule has 13 heavy (non-hydrogen) atoms. The standard InChI is InChI=1S/C9H16N2O2/c1-13-8(12)9-3-5-11(6-9)4-2-7(9)10/h7H,2-6,10H2,1H3. The summed E-state index contributed by atoms with van der Waals surface area (Å²) >= 11 is 0. The Morgan fingerprint density at radius 3 is 3.08 bits per heavy atom. The summed E-state index contributed by atoms with van der Waals surface area (Å²) in [5.41, 5.74) is 5.60. The molecule has 2 aliphatic rings. The summed E-state index contributed by atoms with van der Waals surface area (Å²) in [5, 5.41) is 0. The van der Waals surface area contributed by atoms with Crippen molar-refractivity contribution in [2.75, 3.05) is 26.7 Å². The van der Waals surface area contributed by atoms with E-state index < -0.39 is 5.41 Å². The van der Waals surface area contributed by atoms with Crippen molar-refractivity contribution in [3.8, 4) is 0 Å². The van der Waals surface area contributed by atoms with E-state index in [4.69, 9.17) is 10.5 Å². The van der Waals surface area contributed by atoms with E-state index >= 15 is 0 Å². The average molecular weight is 184 g/mol. The van der Waals surface area contributed by atoms with Gasteiger partial charge in [-0.05, 0) is 25.9 Å². The van der Waals surface area contributed by atoms with Crippen LogP contribution in [0.1, 0.15) is 12.8 Å². The number of hydrogen-bond acceptors (Lipinski definition) is 4. The van der Waals surface area contributed by atoms with Crippen LogP contribution in [-0.2, 0) is 9.53 Å². The second kappa shape index (κ2) is 2.96. The lowest BCUT2D eigenvalue weighted by Gasteiger charge is -2.36. The molecule has 0 radical (unpaired) electrons. The van der Waals surface area contributed by atoms with Crippen LogP contribution < -0.4 is 5.73 Å². The van der Waals surface area contributed by atoms with Crippen LogP contribution in [0.5, 0.6) is 0 Å². The molecule has 0 aromatic carbocycles. The van der Waals surface area contributed by atoms with Crippen LogP contribution >= 0.6 is 0 Å².